The van der Waals surface area contributed by atoms with Crippen LogP contribution in [0.5, 0.6) is 0 Å². The zero-order valence-corrected chi connectivity index (χ0v) is 10.5. The predicted octanol–water partition coefficient (Wildman–Crippen LogP) is 0.113. The number of carboxylic acids is 1. The molecule has 0 fully saturated rings. The Kier molecular flexibility index (Phi) is 4.56. The van der Waals surface area contributed by atoms with E-state index in [0.717, 1.165) is 9.58 Å². The summed E-state index contributed by atoms with van der Waals surface area (Å²) >= 11 is 0. The van der Waals surface area contributed by atoms with Crippen LogP contribution >= 0.6 is 0 Å². The molecule has 0 aliphatic carbocycles. The van der Waals surface area contributed by atoms with Crippen molar-refractivity contribution in [1.29, 1.82) is 0 Å². The van der Waals surface area contributed by atoms with Gasteiger partial charge in [-0.25, -0.2) is 4.79 Å². The van der Waals surface area contributed by atoms with Crippen LogP contribution in [-0.4, -0.2) is 49.7 Å². The van der Waals surface area contributed by atoms with E-state index in [1.165, 1.54) is 19.3 Å². The van der Waals surface area contributed by atoms with Gasteiger partial charge in [0.05, 0.1) is 17.4 Å². The molecule has 1 N–H and O–H groups in total. The minimum absolute atomic E-state index is 0.242. The van der Waals surface area contributed by atoms with Gasteiger partial charge in [0.25, 0.3) is 0 Å². The number of nitro groups is 1. The molecule has 0 aliphatic heterocycles. The number of nitrogens with zero attached hydrogens (tertiary/aromatic N) is 4. The van der Waals surface area contributed by atoms with Crippen molar-refractivity contribution in [3.63, 3.8) is 0 Å². The second-order valence-corrected chi connectivity index (χ2v) is 3.90. The molecular weight excluding hydrogens is 256 g/mol. The fraction of sp³-hybridized carbons (Fsp3) is 0.500. The van der Waals surface area contributed by atoms with Crippen LogP contribution in [0.1, 0.15) is 13.3 Å². The van der Waals surface area contributed by atoms with Gasteiger partial charge in [-0.1, -0.05) is 6.92 Å². The van der Waals surface area contributed by atoms with Crippen LogP contribution in [0.3, 0.4) is 0 Å². The first kappa shape index (κ1) is 14.6. The lowest BCUT2D eigenvalue weighted by Crippen LogP contribution is -2.43. The van der Waals surface area contributed by atoms with E-state index < -0.39 is 22.8 Å². The molecule has 1 rings (SSSR count). The lowest BCUT2D eigenvalue weighted by atomic mass is 10.2. The molecule has 0 bridgehead atoms. The average molecular weight is 270 g/mol. The van der Waals surface area contributed by atoms with Crippen LogP contribution in [0.4, 0.5) is 5.82 Å². The Labute approximate surface area is 108 Å². The van der Waals surface area contributed by atoms with Gasteiger partial charge in [0, 0.05) is 7.05 Å². The Balaban J connectivity index is 2.72. The Hall–Kier alpha value is -2.45. The molecule has 1 unspecified atom stereocenters. The summed E-state index contributed by atoms with van der Waals surface area (Å²) in [5.41, 5.74) is 0. The van der Waals surface area contributed by atoms with E-state index in [1.54, 1.807) is 6.92 Å². The highest BCUT2D eigenvalue weighted by Gasteiger charge is 2.25. The number of aromatic nitrogens is 2. The fourth-order valence-corrected chi connectivity index (χ4v) is 1.57. The monoisotopic (exact) mass is 270 g/mol. The van der Waals surface area contributed by atoms with Crippen LogP contribution in [0, 0.1) is 10.1 Å². The molecule has 0 spiro atoms. The fourth-order valence-electron chi connectivity index (χ4n) is 1.57. The smallest absolute Gasteiger partial charge is 0.389 e. The number of hydrogen-bond donors (Lipinski definition) is 1. The minimum Gasteiger partial charge on any atom is -0.480 e. The second-order valence-electron chi connectivity index (χ2n) is 3.90. The number of aliphatic carboxylic acids is 1. The van der Waals surface area contributed by atoms with Crippen molar-refractivity contribution in [3.8, 4) is 0 Å². The topological polar surface area (TPSA) is 119 Å². The van der Waals surface area contributed by atoms with Crippen LogP contribution in [0.15, 0.2) is 12.3 Å². The summed E-state index contributed by atoms with van der Waals surface area (Å²) in [6.45, 7) is 1.41. The zero-order valence-electron chi connectivity index (χ0n) is 10.5. The number of carbonyl (C=O) groups is 2. The maximum Gasteiger partial charge on any atom is 0.389 e. The third-order valence-electron chi connectivity index (χ3n) is 2.64. The second kappa shape index (κ2) is 5.94. The Morgan fingerprint density at radius 2 is 2.26 bits per heavy atom. The van der Waals surface area contributed by atoms with E-state index in [2.05, 4.69) is 5.10 Å². The van der Waals surface area contributed by atoms with Gasteiger partial charge in [0.2, 0.25) is 5.91 Å². The molecule has 0 saturated carbocycles. The lowest BCUT2D eigenvalue weighted by molar-refractivity contribution is -0.389. The molecule has 0 aromatic carbocycles. The number of carboxylic acid groups (broad SMARTS) is 1. The molecule has 9 heteroatoms. The number of amides is 1. The van der Waals surface area contributed by atoms with E-state index in [0.29, 0.717) is 0 Å². The standard InChI is InChI=1S/C10H14N4O5/c1-3-7(10(16)17)12(2)9(15)6-13-5-4-8(11-13)14(18)19/h4-5,7H,3,6H2,1-2H3,(H,16,17). The number of carbonyl (C=O) groups excluding carboxylic acids is 1. The van der Waals surface area contributed by atoms with Gasteiger partial charge < -0.3 is 20.1 Å². The third-order valence-corrected chi connectivity index (χ3v) is 2.64. The predicted molar refractivity (Wildman–Crippen MR) is 63.4 cm³/mol. The highest BCUT2D eigenvalue weighted by atomic mass is 16.6. The molecule has 1 atom stereocenters. The van der Waals surface area contributed by atoms with E-state index in [9.17, 15) is 19.7 Å². The van der Waals surface area contributed by atoms with Crippen molar-refractivity contribution in [2.75, 3.05) is 7.05 Å². The normalized spacial score (nSPS) is 11.9. The number of likely N-dealkylation sites (N-methyl/N-ethyl adjacent to an activating group) is 1. The molecule has 19 heavy (non-hydrogen) atoms. The molecule has 0 aliphatic rings. The van der Waals surface area contributed by atoms with Crippen LogP contribution in [0.2, 0.25) is 0 Å². The summed E-state index contributed by atoms with van der Waals surface area (Å²) in [6.07, 6.45) is 1.57. The Morgan fingerprint density at radius 3 is 2.68 bits per heavy atom. The van der Waals surface area contributed by atoms with Crippen LogP contribution in [0.25, 0.3) is 0 Å². The third kappa shape index (κ3) is 3.50. The van der Waals surface area contributed by atoms with Gasteiger partial charge in [-0.2, -0.15) is 4.68 Å². The van der Waals surface area contributed by atoms with Crippen molar-refractivity contribution in [1.82, 2.24) is 14.7 Å². The zero-order chi connectivity index (χ0) is 14.6. The quantitative estimate of drug-likeness (QED) is 0.579. The Bertz CT molecular complexity index is 498. The highest BCUT2D eigenvalue weighted by molar-refractivity contribution is 5.83. The summed E-state index contributed by atoms with van der Waals surface area (Å²) in [6, 6.07) is 0.250. The molecular formula is C10H14N4O5. The van der Waals surface area contributed by atoms with E-state index in [4.69, 9.17) is 5.11 Å². The van der Waals surface area contributed by atoms with Crippen molar-refractivity contribution < 1.29 is 19.6 Å². The number of hydrogen-bond acceptors (Lipinski definition) is 5. The van der Waals surface area contributed by atoms with Gasteiger partial charge in [-0.3, -0.25) is 4.79 Å². The summed E-state index contributed by atoms with van der Waals surface area (Å²) in [4.78, 5) is 33.6. The first-order valence-electron chi connectivity index (χ1n) is 5.53. The molecule has 0 radical (unpaired) electrons. The van der Waals surface area contributed by atoms with Gasteiger partial charge >= 0.3 is 11.8 Å². The molecule has 1 aromatic heterocycles. The molecule has 1 heterocycles. The molecule has 9 nitrogen and oxygen atoms in total. The molecule has 1 aromatic rings. The van der Waals surface area contributed by atoms with Gasteiger partial charge in [0.15, 0.2) is 0 Å². The number of rotatable bonds is 6. The molecule has 1 amide bonds. The van der Waals surface area contributed by atoms with E-state index in [1.807, 2.05) is 0 Å². The van der Waals surface area contributed by atoms with Crippen molar-refractivity contribution in [3.05, 3.63) is 22.4 Å². The average Bonchev–Trinajstić information content (AvgIpc) is 2.77. The minimum atomic E-state index is -1.09. The maximum absolute atomic E-state index is 11.8. The molecule has 104 valence electrons. The van der Waals surface area contributed by atoms with E-state index >= 15 is 0 Å². The van der Waals surface area contributed by atoms with Crippen molar-refractivity contribution in [2.24, 2.45) is 0 Å². The van der Waals surface area contributed by atoms with Gasteiger partial charge in [0.1, 0.15) is 12.6 Å². The van der Waals surface area contributed by atoms with Crippen molar-refractivity contribution in [2.45, 2.75) is 25.9 Å². The SMILES string of the molecule is CCC(C(=O)O)N(C)C(=O)Cn1ccc([N+](=O)[O-])n1. The summed E-state index contributed by atoms with van der Waals surface area (Å²) < 4.78 is 1.10. The van der Waals surface area contributed by atoms with Crippen molar-refractivity contribution >= 4 is 17.7 Å². The Morgan fingerprint density at radius 1 is 1.63 bits per heavy atom. The lowest BCUT2D eigenvalue weighted by Gasteiger charge is -2.23. The summed E-state index contributed by atoms with van der Waals surface area (Å²) in [5.74, 6) is -1.93. The first-order valence-corrected chi connectivity index (χ1v) is 5.53. The first-order chi connectivity index (χ1) is 8.86. The largest absolute Gasteiger partial charge is 0.480 e. The van der Waals surface area contributed by atoms with Crippen LogP contribution < -0.4 is 0 Å². The summed E-state index contributed by atoms with van der Waals surface area (Å²) in [5, 5.41) is 22.9. The molecule has 0 saturated heterocycles. The highest BCUT2D eigenvalue weighted by Crippen LogP contribution is 2.07. The maximum atomic E-state index is 11.8. The van der Waals surface area contributed by atoms with Crippen LogP contribution in [-0.2, 0) is 16.1 Å². The summed E-state index contributed by atoms with van der Waals surface area (Å²) in [7, 11) is 1.38. The van der Waals surface area contributed by atoms with E-state index in [-0.39, 0.29) is 18.8 Å². The van der Waals surface area contributed by atoms with Gasteiger partial charge in [-0.15, -0.1) is 0 Å². The van der Waals surface area contributed by atoms with Gasteiger partial charge in [-0.05, 0) is 11.3 Å².